The van der Waals surface area contributed by atoms with Crippen molar-refractivity contribution >= 4 is 23.6 Å². The predicted octanol–water partition coefficient (Wildman–Crippen LogP) is 2.09. The molecule has 2 heterocycles. The molecular formula is C14H18ClN3O3. The number of pyridine rings is 1. The van der Waals surface area contributed by atoms with Crippen molar-refractivity contribution in [3.63, 3.8) is 0 Å². The minimum atomic E-state index is -0.294. The number of ether oxygens (including phenoxy) is 1. The molecule has 0 radical (unpaired) electrons. The van der Waals surface area contributed by atoms with E-state index >= 15 is 0 Å². The Hall–Kier alpha value is -1.82. The van der Waals surface area contributed by atoms with Crippen LogP contribution in [0.4, 0.5) is 4.79 Å². The van der Waals surface area contributed by atoms with E-state index in [0.29, 0.717) is 38.1 Å². The molecule has 1 saturated heterocycles. The maximum Gasteiger partial charge on any atom is 0.409 e. The third kappa shape index (κ3) is 4.07. The third-order valence-corrected chi connectivity index (χ3v) is 3.66. The number of rotatable bonds is 3. The number of hydrogen-bond acceptors (Lipinski definition) is 4. The fourth-order valence-corrected chi connectivity index (χ4v) is 2.44. The zero-order valence-corrected chi connectivity index (χ0v) is 12.6. The lowest BCUT2D eigenvalue weighted by atomic mass is 10.0. The quantitative estimate of drug-likeness (QED) is 0.868. The first-order valence-electron chi connectivity index (χ1n) is 6.95. The maximum atomic E-state index is 12.1. The number of nitrogens with one attached hydrogen (secondary N) is 1. The first-order valence-corrected chi connectivity index (χ1v) is 7.32. The zero-order chi connectivity index (χ0) is 15.2. The first kappa shape index (κ1) is 15.6. The number of aromatic nitrogens is 1. The molecule has 0 aromatic carbocycles. The molecule has 0 unspecified atom stereocenters. The highest BCUT2D eigenvalue weighted by molar-refractivity contribution is 6.32. The number of hydrogen-bond donors (Lipinski definition) is 1. The van der Waals surface area contributed by atoms with Crippen molar-refractivity contribution in [2.45, 2.75) is 25.8 Å². The van der Waals surface area contributed by atoms with E-state index < -0.39 is 0 Å². The van der Waals surface area contributed by atoms with Crippen molar-refractivity contribution in [3.8, 4) is 0 Å². The predicted molar refractivity (Wildman–Crippen MR) is 78.3 cm³/mol. The van der Waals surface area contributed by atoms with Crippen molar-refractivity contribution < 1.29 is 14.3 Å². The fraction of sp³-hybridized carbons (Fsp3) is 0.500. The van der Waals surface area contributed by atoms with Gasteiger partial charge in [0, 0.05) is 25.3 Å². The molecule has 1 aliphatic heterocycles. The minimum Gasteiger partial charge on any atom is -0.450 e. The molecule has 2 amide bonds. The van der Waals surface area contributed by atoms with Gasteiger partial charge < -0.3 is 15.0 Å². The summed E-state index contributed by atoms with van der Waals surface area (Å²) < 4.78 is 4.96. The monoisotopic (exact) mass is 311 g/mol. The molecule has 0 saturated carbocycles. The molecule has 6 nitrogen and oxygen atoms in total. The van der Waals surface area contributed by atoms with Gasteiger partial charge in [-0.25, -0.2) is 9.78 Å². The largest absolute Gasteiger partial charge is 0.450 e. The normalized spacial score (nSPS) is 15.6. The van der Waals surface area contributed by atoms with E-state index in [1.807, 2.05) is 0 Å². The molecule has 21 heavy (non-hydrogen) atoms. The zero-order valence-electron chi connectivity index (χ0n) is 11.8. The van der Waals surface area contributed by atoms with Gasteiger partial charge >= 0.3 is 6.09 Å². The highest BCUT2D eigenvalue weighted by Crippen LogP contribution is 2.15. The average molecular weight is 312 g/mol. The second kappa shape index (κ2) is 7.26. The van der Waals surface area contributed by atoms with Gasteiger partial charge in [0.1, 0.15) is 5.15 Å². The SMILES string of the molecule is CCOC(=O)N1CCC(NC(=O)c2cccnc2Cl)CC1. The van der Waals surface area contributed by atoms with Gasteiger partial charge in [-0.15, -0.1) is 0 Å². The number of piperidine rings is 1. The minimum absolute atomic E-state index is 0.0273. The van der Waals surface area contributed by atoms with Crippen LogP contribution in [0.2, 0.25) is 5.15 Å². The van der Waals surface area contributed by atoms with Gasteiger partial charge in [-0.3, -0.25) is 4.79 Å². The van der Waals surface area contributed by atoms with Crippen LogP contribution in [0.25, 0.3) is 0 Å². The van der Waals surface area contributed by atoms with Gasteiger partial charge in [0.15, 0.2) is 0 Å². The molecule has 114 valence electrons. The number of nitrogens with zero attached hydrogens (tertiary/aromatic N) is 2. The number of carbonyl (C=O) groups excluding carboxylic acids is 2. The van der Waals surface area contributed by atoms with Crippen LogP contribution in [0.15, 0.2) is 18.3 Å². The van der Waals surface area contributed by atoms with E-state index in [2.05, 4.69) is 10.3 Å². The summed E-state index contributed by atoms with van der Waals surface area (Å²) in [6, 6.07) is 3.34. The van der Waals surface area contributed by atoms with E-state index in [4.69, 9.17) is 16.3 Å². The number of likely N-dealkylation sites (tertiary alicyclic amines) is 1. The smallest absolute Gasteiger partial charge is 0.409 e. The Bertz CT molecular complexity index is 516. The summed E-state index contributed by atoms with van der Waals surface area (Å²) in [7, 11) is 0. The summed E-state index contributed by atoms with van der Waals surface area (Å²) in [4.78, 5) is 29.2. The lowest BCUT2D eigenvalue weighted by Crippen LogP contribution is -2.46. The standard InChI is InChI=1S/C14H18ClN3O3/c1-2-21-14(20)18-8-5-10(6-9-18)17-13(19)11-4-3-7-16-12(11)15/h3-4,7,10H,2,5-6,8-9H2,1H3,(H,17,19). The fourth-order valence-electron chi connectivity index (χ4n) is 2.24. The molecule has 0 spiro atoms. The van der Waals surface area contributed by atoms with Gasteiger partial charge in [-0.1, -0.05) is 11.6 Å². The molecule has 7 heteroatoms. The summed E-state index contributed by atoms with van der Waals surface area (Å²) in [6.07, 6.45) is 2.64. The van der Waals surface area contributed by atoms with Crippen LogP contribution < -0.4 is 5.32 Å². The summed E-state index contributed by atoms with van der Waals surface area (Å²) >= 11 is 5.89. The Morgan fingerprint density at radius 1 is 1.48 bits per heavy atom. The van der Waals surface area contributed by atoms with Crippen LogP contribution in [0.1, 0.15) is 30.1 Å². The summed E-state index contributed by atoms with van der Waals surface area (Å²) in [5.41, 5.74) is 0.368. The van der Waals surface area contributed by atoms with Gasteiger partial charge in [0.25, 0.3) is 5.91 Å². The lowest BCUT2D eigenvalue weighted by Gasteiger charge is -2.31. The molecule has 2 rings (SSSR count). The van der Waals surface area contributed by atoms with E-state index in [1.54, 1.807) is 24.0 Å². The molecule has 1 aliphatic rings. The van der Waals surface area contributed by atoms with Crippen LogP contribution in [0.5, 0.6) is 0 Å². The molecule has 1 fully saturated rings. The van der Waals surface area contributed by atoms with Crippen LogP contribution in [-0.4, -0.2) is 47.6 Å². The van der Waals surface area contributed by atoms with E-state index in [-0.39, 0.29) is 23.2 Å². The van der Waals surface area contributed by atoms with E-state index in [1.165, 1.54) is 6.20 Å². The first-order chi connectivity index (χ1) is 10.1. The molecule has 0 bridgehead atoms. The molecule has 0 atom stereocenters. The second-order valence-electron chi connectivity index (χ2n) is 4.78. The molecule has 1 aromatic rings. The number of carbonyl (C=O) groups is 2. The van der Waals surface area contributed by atoms with Crippen molar-refractivity contribution in [1.82, 2.24) is 15.2 Å². The van der Waals surface area contributed by atoms with Crippen molar-refractivity contribution in [3.05, 3.63) is 29.0 Å². The van der Waals surface area contributed by atoms with Gasteiger partial charge in [0.2, 0.25) is 0 Å². The maximum absolute atomic E-state index is 12.1. The highest BCUT2D eigenvalue weighted by atomic mass is 35.5. The van der Waals surface area contributed by atoms with Crippen LogP contribution in [-0.2, 0) is 4.74 Å². The van der Waals surface area contributed by atoms with E-state index in [9.17, 15) is 9.59 Å². The Labute approximate surface area is 128 Å². The molecule has 1 N–H and O–H groups in total. The summed E-state index contributed by atoms with van der Waals surface area (Å²) in [5.74, 6) is -0.234. The van der Waals surface area contributed by atoms with Gasteiger partial charge in [-0.2, -0.15) is 0 Å². The lowest BCUT2D eigenvalue weighted by molar-refractivity contribution is 0.0860. The van der Waals surface area contributed by atoms with E-state index in [0.717, 1.165) is 0 Å². The van der Waals surface area contributed by atoms with Crippen molar-refractivity contribution in [2.75, 3.05) is 19.7 Å². The molecule has 1 aromatic heterocycles. The van der Waals surface area contributed by atoms with Crippen molar-refractivity contribution in [1.29, 1.82) is 0 Å². The third-order valence-electron chi connectivity index (χ3n) is 3.36. The Morgan fingerprint density at radius 2 is 2.19 bits per heavy atom. The van der Waals surface area contributed by atoms with Crippen LogP contribution >= 0.6 is 11.6 Å². The summed E-state index contributed by atoms with van der Waals surface area (Å²) in [5, 5.41) is 3.12. The Morgan fingerprint density at radius 3 is 2.81 bits per heavy atom. The second-order valence-corrected chi connectivity index (χ2v) is 5.13. The van der Waals surface area contributed by atoms with Gasteiger partial charge in [-0.05, 0) is 31.9 Å². The Balaban J connectivity index is 1.85. The average Bonchev–Trinajstić information content (AvgIpc) is 2.48. The van der Waals surface area contributed by atoms with Gasteiger partial charge in [0.05, 0.1) is 12.2 Å². The summed E-state index contributed by atoms with van der Waals surface area (Å²) in [6.45, 7) is 3.30. The molecule has 0 aliphatic carbocycles. The highest BCUT2D eigenvalue weighted by Gasteiger charge is 2.25. The topological polar surface area (TPSA) is 71.5 Å². The Kier molecular flexibility index (Phi) is 5.38. The number of amides is 2. The number of halogens is 1. The molecular weight excluding hydrogens is 294 g/mol. The van der Waals surface area contributed by atoms with Crippen molar-refractivity contribution in [2.24, 2.45) is 0 Å². The van der Waals surface area contributed by atoms with Crippen LogP contribution in [0, 0.1) is 0 Å². The van der Waals surface area contributed by atoms with Crippen LogP contribution in [0.3, 0.4) is 0 Å².